The van der Waals surface area contributed by atoms with Crippen LogP contribution >= 0.6 is 0 Å². The number of hydrogen-bond donors (Lipinski definition) is 1. The molecule has 0 aliphatic carbocycles. The molecule has 0 bridgehead atoms. The van der Waals surface area contributed by atoms with Crippen molar-refractivity contribution in [3.8, 4) is 0 Å². The topological polar surface area (TPSA) is 35.2 Å². The maximum absolute atomic E-state index is 6.14. The van der Waals surface area contributed by atoms with Crippen LogP contribution in [0.5, 0.6) is 0 Å². The molecule has 0 aromatic carbocycles. The predicted octanol–water partition coefficient (Wildman–Crippen LogP) is 4.66. The Kier molecular flexibility index (Phi) is 10.8. The molecule has 0 radical (unpaired) electrons. The van der Waals surface area contributed by atoms with Gasteiger partial charge in [-0.3, -0.25) is 0 Å². The van der Waals surface area contributed by atoms with E-state index < -0.39 is 0 Å². The van der Waals surface area contributed by atoms with E-state index in [9.17, 15) is 0 Å². The average molecular weight is 257 g/mol. The van der Waals surface area contributed by atoms with Crippen LogP contribution in [0.4, 0.5) is 0 Å². The largest absolute Gasteiger partial charge is 0.379 e. The second-order valence-electron chi connectivity index (χ2n) is 6.19. The molecule has 0 aliphatic rings. The van der Waals surface area contributed by atoms with Gasteiger partial charge in [0.1, 0.15) is 0 Å². The highest BCUT2D eigenvalue weighted by Crippen LogP contribution is 2.18. The molecule has 18 heavy (non-hydrogen) atoms. The zero-order chi connectivity index (χ0) is 13.9. The Morgan fingerprint density at radius 2 is 1.44 bits per heavy atom. The Bertz CT molecular complexity index is 180. The summed E-state index contributed by atoms with van der Waals surface area (Å²) in [5.74, 6) is 0. The highest BCUT2D eigenvalue weighted by molar-refractivity contribution is 4.75. The van der Waals surface area contributed by atoms with Gasteiger partial charge in [-0.2, -0.15) is 0 Å². The molecule has 0 aromatic heterocycles. The van der Waals surface area contributed by atoms with Gasteiger partial charge in [-0.1, -0.05) is 58.3 Å². The number of methoxy groups -OCH3 is 1. The first kappa shape index (κ1) is 17.9. The maximum atomic E-state index is 6.14. The van der Waals surface area contributed by atoms with Crippen LogP contribution in [0.3, 0.4) is 0 Å². The number of rotatable bonds is 12. The summed E-state index contributed by atoms with van der Waals surface area (Å²) in [6, 6.07) is 0.292. The lowest BCUT2D eigenvalue weighted by Crippen LogP contribution is -2.33. The summed E-state index contributed by atoms with van der Waals surface area (Å²) in [5, 5.41) is 0. The van der Waals surface area contributed by atoms with E-state index in [2.05, 4.69) is 20.8 Å². The van der Waals surface area contributed by atoms with Gasteiger partial charge in [0.15, 0.2) is 0 Å². The summed E-state index contributed by atoms with van der Waals surface area (Å²) in [4.78, 5) is 0. The van der Waals surface area contributed by atoms with Gasteiger partial charge in [-0.25, -0.2) is 0 Å². The third-order valence-electron chi connectivity index (χ3n) is 3.73. The maximum Gasteiger partial charge on any atom is 0.0637 e. The highest BCUT2D eigenvalue weighted by Gasteiger charge is 2.19. The molecule has 0 spiro atoms. The van der Waals surface area contributed by atoms with E-state index in [4.69, 9.17) is 10.5 Å². The molecule has 0 aromatic rings. The Morgan fingerprint density at radius 3 is 1.94 bits per heavy atom. The fourth-order valence-electron chi connectivity index (χ4n) is 2.36. The average Bonchev–Trinajstić information content (AvgIpc) is 2.32. The number of hydrogen-bond acceptors (Lipinski definition) is 2. The summed E-state index contributed by atoms with van der Waals surface area (Å²) >= 11 is 0. The lowest BCUT2D eigenvalue weighted by atomic mass is 9.95. The van der Waals surface area contributed by atoms with Crippen molar-refractivity contribution < 1.29 is 4.74 Å². The second-order valence-corrected chi connectivity index (χ2v) is 6.19. The Morgan fingerprint density at radius 1 is 0.944 bits per heavy atom. The molecule has 2 nitrogen and oxygen atoms in total. The van der Waals surface area contributed by atoms with Crippen LogP contribution in [0.2, 0.25) is 0 Å². The summed E-state index contributed by atoms with van der Waals surface area (Å²) in [6.07, 6.45) is 13.1. The molecule has 1 unspecified atom stereocenters. The Hall–Kier alpha value is -0.0800. The molecule has 2 heteroatoms. The van der Waals surface area contributed by atoms with Crippen molar-refractivity contribution in [2.45, 2.75) is 96.6 Å². The Labute approximate surface area is 115 Å². The van der Waals surface area contributed by atoms with Crippen molar-refractivity contribution in [1.82, 2.24) is 0 Å². The molecule has 0 aliphatic heterocycles. The minimum Gasteiger partial charge on any atom is -0.379 e. The predicted molar refractivity (Wildman–Crippen MR) is 80.9 cm³/mol. The van der Waals surface area contributed by atoms with Crippen LogP contribution in [0.15, 0.2) is 0 Å². The zero-order valence-corrected chi connectivity index (χ0v) is 13.1. The van der Waals surface area contributed by atoms with E-state index in [1.54, 1.807) is 7.11 Å². The highest BCUT2D eigenvalue weighted by atomic mass is 16.5. The fraction of sp³-hybridized carbons (Fsp3) is 1.00. The van der Waals surface area contributed by atoms with E-state index in [1.165, 1.54) is 51.4 Å². The third kappa shape index (κ3) is 11.0. The van der Waals surface area contributed by atoms with E-state index >= 15 is 0 Å². The lowest BCUT2D eigenvalue weighted by Gasteiger charge is -2.26. The zero-order valence-electron chi connectivity index (χ0n) is 13.1. The van der Waals surface area contributed by atoms with Crippen molar-refractivity contribution in [3.05, 3.63) is 0 Å². The summed E-state index contributed by atoms with van der Waals surface area (Å²) in [7, 11) is 1.77. The molecular weight excluding hydrogens is 222 g/mol. The Balaban J connectivity index is 3.33. The van der Waals surface area contributed by atoms with Crippen molar-refractivity contribution in [1.29, 1.82) is 0 Å². The van der Waals surface area contributed by atoms with Crippen molar-refractivity contribution >= 4 is 0 Å². The molecule has 2 N–H and O–H groups in total. The van der Waals surface area contributed by atoms with Gasteiger partial charge in [0.05, 0.1) is 5.60 Å². The summed E-state index contributed by atoms with van der Waals surface area (Å²) in [5.41, 5.74) is 6.07. The van der Waals surface area contributed by atoms with Gasteiger partial charge in [-0.15, -0.1) is 0 Å². The SMILES string of the molecule is CCCCCCCCCCC(N)CC(C)(C)OC. The smallest absolute Gasteiger partial charge is 0.0637 e. The molecular formula is C16H35NO. The third-order valence-corrected chi connectivity index (χ3v) is 3.73. The van der Waals surface area contributed by atoms with Gasteiger partial charge in [0.2, 0.25) is 0 Å². The molecule has 0 heterocycles. The fourth-order valence-corrected chi connectivity index (χ4v) is 2.36. The van der Waals surface area contributed by atoms with Crippen LogP contribution < -0.4 is 5.73 Å². The minimum atomic E-state index is -0.0699. The normalized spacial score (nSPS) is 13.8. The first-order valence-corrected chi connectivity index (χ1v) is 7.82. The quantitative estimate of drug-likeness (QED) is 0.516. The molecule has 0 saturated heterocycles. The van der Waals surface area contributed by atoms with E-state index in [-0.39, 0.29) is 5.60 Å². The molecule has 0 rings (SSSR count). The van der Waals surface area contributed by atoms with Gasteiger partial charge in [0.25, 0.3) is 0 Å². The number of nitrogens with two attached hydrogens (primary N) is 1. The van der Waals surface area contributed by atoms with E-state index in [0.29, 0.717) is 6.04 Å². The van der Waals surface area contributed by atoms with Crippen LogP contribution in [0.25, 0.3) is 0 Å². The molecule has 0 fully saturated rings. The lowest BCUT2D eigenvalue weighted by molar-refractivity contribution is 0.00940. The van der Waals surface area contributed by atoms with Gasteiger partial charge in [-0.05, 0) is 26.7 Å². The van der Waals surface area contributed by atoms with Crippen molar-refractivity contribution in [3.63, 3.8) is 0 Å². The second kappa shape index (κ2) is 10.8. The molecule has 0 amide bonds. The van der Waals surface area contributed by atoms with Crippen molar-refractivity contribution in [2.24, 2.45) is 5.73 Å². The first-order chi connectivity index (χ1) is 8.52. The van der Waals surface area contributed by atoms with Gasteiger partial charge >= 0.3 is 0 Å². The van der Waals surface area contributed by atoms with Crippen LogP contribution in [0, 0.1) is 0 Å². The summed E-state index contributed by atoms with van der Waals surface area (Å²) < 4.78 is 5.41. The molecule has 0 saturated carbocycles. The first-order valence-electron chi connectivity index (χ1n) is 7.82. The van der Waals surface area contributed by atoms with Gasteiger partial charge < -0.3 is 10.5 Å². The molecule has 1 atom stereocenters. The molecule has 110 valence electrons. The van der Waals surface area contributed by atoms with Crippen LogP contribution in [0.1, 0.15) is 85.0 Å². The van der Waals surface area contributed by atoms with Crippen LogP contribution in [-0.2, 0) is 4.74 Å². The van der Waals surface area contributed by atoms with Gasteiger partial charge in [0, 0.05) is 13.2 Å². The number of unbranched alkanes of at least 4 members (excludes halogenated alkanes) is 7. The standard InChI is InChI=1S/C16H35NO/c1-5-6-7-8-9-10-11-12-13-15(17)14-16(2,3)18-4/h15H,5-14,17H2,1-4H3. The van der Waals surface area contributed by atoms with E-state index in [1.807, 2.05) is 0 Å². The van der Waals surface area contributed by atoms with E-state index in [0.717, 1.165) is 12.8 Å². The number of ether oxygens (including phenoxy) is 1. The summed E-state index contributed by atoms with van der Waals surface area (Å²) in [6.45, 7) is 6.49. The van der Waals surface area contributed by atoms with Crippen molar-refractivity contribution in [2.75, 3.05) is 7.11 Å². The minimum absolute atomic E-state index is 0.0699. The van der Waals surface area contributed by atoms with Crippen LogP contribution in [-0.4, -0.2) is 18.8 Å². The monoisotopic (exact) mass is 257 g/mol.